The number of nitrogens with one attached hydrogen (secondary N) is 1. The fourth-order valence-electron chi connectivity index (χ4n) is 2.29. The number of hydrogen-bond acceptors (Lipinski definition) is 6. The van der Waals surface area contributed by atoms with Crippen LogP contribution in [0.5, 0.6) is 5.75 Å². The van der Waals surface area contributed by atoms with Crippen LogP contribution in [-0.2, 0) is 4.79 Å². The fraction of sp³-hybridized carbons (Fsp3) is 0. The van der Waals surface area contributed by atoms with Gasteiger partial charge < -0.3 is 20.6 Å². The van der Waals surface area contributed by atoms with E-state index in [1.165, 1.54) is 24.3 Å². The number of aliphatic imine (C=N–C) groups is 1. The van der Waals surface area contributed by atoms with Crippen LogP contribution in [0, 0.1) is 0 Å². The van der Waals surface area contributed by atoms with Gasteiger partial charge in [0.25, 0.3) is 5.91 Å². The van der Waals surface area contributed by atoms with Crippen molar-refractivity contribution in [3.05, 3.63) is 64.1 Å². The molecular weight excluding hydrogens is 372 g/mol. The Hall–Kier alpha value is -3.59. The van der Waals surface area contributed by atoms with Gasteiger partial charge in [-0.3, -0.25) is 4.79 Å². The van der Waals surface area contributed by atoms with Crippen molar-refractivity contribution < 1.29 is 29.7 Å². The maximum atomic E-state index is 12.1. The van der Waals surface area contributed by atoms with Crippen LogP contribution in [0.1, 0.15) is 26.3 Å². The van der Waals surface area contributed by atoms with Crippen LogP contribution in [0.15, 0.2) is 52.4 Å². The number of carboxylic acid groups (broad SMARTS) is 2. The Balaban J connectivity index is 1.92. The minimum Gasteiger partial charge on any atom is -0.508 e. The summed E-state index contributed by atoms with van der Waals surface area (Å²) in [6, 6.07) is 9.81. The third-order valence-corrected chi connectivity index (χ3v) is 4.37. The molecular formula is C18H12N2O6S. The highest BCUT2D eigenvalue weighted by Crippen LogP contribution is 2.29. The van der Waals surface area contributed by atoms with Crippen molar-refractivity contribution in [2.45, 2.75) is 0 Å². The molecule has 8 nitrogen and oxygen atoms in total. The highest BCUT2D eigenvalue weighted by molar-refractivity contribution is 8.18. The number of benzene rings is 2. The summed E-state index contributed by atoms with van der Waals surface area (Å²) in [5, 5.41) is 30.4. The van der Waals surface area contributed by atoms with Crippen LogP contribution in [0.25, 0.3) is 6.08 Å². The number of phenols is 1. The zero-order valence-corrected chi connectivity index (χ0v) is 14.4. The molecule has 1 saturated heterocycles. The van der Waals surface area contributed by atoms with Gasteiger partial charge in [0.15, 0.2) is 5.17 Å². The van der Waals surface area contributed by atoms with E-state index in [1.807, 2.05) is 0 Å². The summed E-state index contributed by atoms with van der Waals surface area (Å²) in [7, 11) is 0. The SMILES string of the molecule is O=C1NC(=Nc2cc(C(=O)O)cc(C(=O)O)c2)S/C1=C\c1cccc(O)c1. The molecule has 4 N–H and O–H groups in total. The zero-order valence-electron chi connectivity index (χ0n) is 13.5. The summed E-state index contributed by atoms with van der Waals surface area (Å²) in [6.07, 6.45) is 1.57. The van der Waals surface area contributed by atoms with Crippen LogP contribution in [0.3, 0.4) is 0 Å². The summed E-state index contributed by atoms with van der Waals surface area (Å²) >= 11 is 1.02. The second-order valence-corrected chi connectivity index (χ2v) is 6.49. The topological polar surface area (TPSA) is 136 Å². The molecule has 0 aromatic heterocycles. The van der Waals surface area contributed by atoms with Crippen molar-refractivity contribution in [2.75, 3.05) is 0 Å². The van der Waals surface area contributed by atoms with E-state index in [1.54, 1.807) is 18.2 Å². The molecule has 1 amide bonds. The van der Waals surface area contributed by atoms with Crippen molar-refractivity contribution in [3.63, 3.8) is 0 Å². The van der Waals surface area contributed by atoms with Crippen LogP contribution >= 0.6 is 11.8 Å². The van der Waals surface area contributed by atoms with Crippen molar-refractivity contribution in [2.24, 2.45) is 4.99 Å². The van der Waals surface area contributed by atoms with Gasteiger partial charge >= 0.3 is 11.9 Å². The molecule has 0 spiro atoms. The predicted molar refractivity (Wildman–Crippen MR) is 99.3 cm³/mol. The van der Waals surface area contributed by atoms with Crippen LogP contribution < -0.4 is 5.32 Å². The molecule has 0 atom stereocenters. The standard InChI is InChI=1S/C18H12N2O6S/c21-13-3-1-2-9(4-13)5-14-15(22)20-18(27-14)19-12-7-10(16(23)24)6-11(8-12)17(25)26/h1-8,21H,(H,23,24)(H,25,26)(H,19,20,22)/b14-5-. The second kappa shape index (κ2) is 7.34. The van der Waals surface area contributed by atoms with Gasteiger partial charge in [0.1, 0.15) is 5.75 Å². The smallest absolute Gasteiger partial charge is 0.335 e. The summed E-state index contributed by atoms with van der Waals surface area (Å²) in [5.41, 5.74) is 0.266. The summed E-state index contributed by atoms with van der Waals surface area (Å²) in [5.74, 6) is -2.91. The Kier molecular flexibility index (Phi) is 4.95. The van der Waals surface area contributed by atoms with E-state index in [-0.39, 0.29) is 27.7 Å². The molecule has 2 aromatic carbocycles. The lowest BCUT2D eigenvalue weighted by atomic mass is 10.1. The number of amides is 1. The first-order valence-electron chi connectivity index (χ1n) is 7.52. The molecule has 1 aliphatic heterocycles. The van der Waals surface area contributed by atoms with Crippen LogP contribution in [0.4, 0.5) is 5.69 Å². The van der Waals surface area contributed by atoms with E-state index in [0.29, 0.717) is 10.5 Å². The molecule has 0 unspecified atom stereocenters. The van der Waals surface area contributed by atoms with Gasteiger partial charge in [-0.05, 0) is 53.7 Å². The van der Waals surface area contributed by atoms with Gasteiger partial charge in [-0.2, -0.15) is 0 Å². The molecule has 27 heavy (non-hydrogen) atoms. The lowest BCUT2D eigenvalue weighted by molar-refractivity contribution is -0.115. The van der Waals surface area contributed by atoms with Crippen molar-refractivity contribution >= 4 is 46.5 Å². The number of thioether (sulfide) groups is 1. The Labute approximate surface area is 156 Å². The monoisotopic (exact) mass is 384 g/mol. The van der Waals surface area contributed by atoms with Crippen molar-refractivity contribution in [1.29, 1.82) is 0 Å². The highest BCUT2D eigenvalue weighted by atomic mass is 32.2. The molecule has 0 saturated carbocycles. The average molecular weight is 384 g/mol. The second-order valence-electron chi connectivity index (χ2n) is 5.46. The molecule has 1 aliphatic rings. The average Bonchev–Trinajstić information content (AvgIpc) is 2.93. The normalized spacial score (nSPS) is 16.5. The largest absolute Gasteiger partial charge is 0.508 e. The van der Waals surface area contributed by atoms with Crippen LogP contribution in [-0.4, -0.2) is 38.3 Å². The Morgan fingerprint density at radius 3 is 2.30 bits per heavy atom. The molecule has 136 valence electrons. The van der Waals surface area contributed by atoms with Gasteiger partial charge in [0.05, 0.1) is 21.7 Å². The number of phenolic OH excluding ortho intramolecular Hbond substituents is 1. The number of aromatic carboxylic acids is 2. The van der Waals surface area contributed by atoms with E-state index in [4.69, 9.17) is 10.2 Å². The molecule has 0 radical (unpaired) electrons. The molecule has 1 fully saturated rings. The number of aromatic hydroxyl groups is 1. The van der Waals surface area contributed by atoms with E-state index in [0.717, 1.165) is 17.8 Å². The highest BCUT2D eigenvalue weighted by Gasteiger charge is 2.24. The molecule has 0 bridgehead atoms. The van der Waals surface area contributed by atoms with Crippen LogP contribution in [0.2, 0.25) is 0 Å². The number of carbonyl (C=O) groups excluding carboxylic acids is 1. The Morgan fingerprint density at radius 2 is 1.70 bits per heavy atom. The minimum absolute atomic E-state index is 0.0633. The lowest BCUT2D eigenvalue weighted by Gasteiger charge is -2.02. The van der Waals surface area contributed by atoms with Gasteiger partial charge in [0, 0.05) is 0 Å². The minimum atomic E-state index is -1.29. The predicted octanol–water partition coefficient (Wildman–Crippen LogP) is 2.68. The number of nitrogens with zero attached hydrogens (tertiary/aromatic N) is 1. The molecule has 9 heteroatoms. The zero-order chi connectivity index (χ0) is 19.6. The Bertz CT molecular complexity index is 996. The van der Waals surface area contributed by atoms with Gasteiger partial charge in [0.2, 0.25) is 0 Å². The number of hydrogen-bond donors (Lipinski definition) is 4. The molecule has 2 aromatic rings. The van der Waals surface area contributed by atoms with Gasteiger partial charge in [-0.1, -0.05) is 12.1 Å². The van der Waals surface area contributed by atoms with E-state index < -0.39 is 17.8 Å². The van der Waals surface area contributed by atoms with Gasteiger partial charge in [-0.25, -0.2) is 14.6 Å². The summed E-state index contributed by atoms with van der Waals surface area (Å²) in [6.45, 7) is 0. The van der Waals surface area contributed by atoms with Crippen molar-refractivity contribution in [1.82, 2.24) is 5.32 Å². The van der Waals surface area contributed by atoms with Crippen molar-refractivity contribution in [3.8, 4) is 5.75 Å². The first kappa shape index (κ1) is 18.2. The quantitative estimate of drug-likeness (QED) is 0.595. The first-order valence-corrected chi connectivity index (χ1v) is 8.34. The molecule has 1 heterocycles. The lowest BCUT2D eigenvalue weighted by Crippen LogP contribution is -2.19. The summed E-state index contributed by atoms with van der Waals surface area (Å²) < 4.78 is 0. The van der Waals surface area contributed by atoms with E-state index in [2.05, 4.69) is 10.3 Å². The number of carboxylic acids is 2. The van der Waals surface area contributed by atoms with E-state index >= 15 is 0 Å². The number of rotatable bonds is 4. The first-order chi connectivity index (χ1) is 12.8. The third-order valence-electron chi connectivity index (χ3n) is 3.46. The summed E-state index contributed by atoms with van der Waals surface area (Å²) in [4.78, 5) is 38.9. The van der Waals surface area contributed by atoms with E-state index in [9.17, 15) is 19.5 Å². The third kappa shape index (κ3) is 4.33. The molecule has 0 aliphatic carbocycles. The number of carbonyl (C=O) groups is 3. The molecule has 3 rings (SSSR count). The van der Waals surface area contributed by atoms with Gasteiger partial charge in [-0.15, -0.1) is 0 Å². The maximum absolute atomic E-state index is 12.1. The fourth-order valence-corrected chi connectivity index (χ4v) is 3.13. The Morgan fingerprint density at radius 1 is 1.04 bits per heavy atom. The maximum Gasteiger partial charge on any atom is 0.335 e. The number of amidine groups is 1.